The first kappa shape index (κ1) is 21.3. The highest BCUT2D eigenvalue weighted by Crippen LogP contribution is 2.38. The monoisotopic (exact) mass is 416 g/mol. The average Bonchev–Trinajstić information content (AvgIpc) is 2.89. The van der Waals surface area contributed by atoms with Gasteiger partial charge < -0.3 is 15.2 Å². The van der Waals surface area contributed by atoms with Crippen molar-refractivity contribution in [2.45, 2.75) is 58.2 Å². The molecule has 0 saturated heterocycles. The maximum absolute atomic E-state index is 13.1. The van der Waals surface area contributed by atoms with Gasteiger partial charge in [0.2, 0.25) is 0 Å². The molecule has 0 aromatic heterocycles. The average molecular weight is 417 g/mol. The lowest BCUT2D eigenvalue weighted by molar-refractivity contribution is -0.140. The summed E-state index contributed by atoms with van der Waals surface area (Å²) >= 11 is 12.1. The van der Waals surface area contributed by atoms with E-state index in [1.165, 1.54) is 6.07 Å². The Balaban J connectivity index is 2.32. The molecule has 1 aromatic rings. The number of carboxylic acids is 1. The lowest BCUT2D eigenvalue weighted by Crippen LogP contribution is -2.53. The molecule has 0 bridgehead atoms. The van der Waals surface area contributed by atoms with E-state index in [1.807, 2.05) is 0 Å². The highest BCUT2D eigenvalue weighted by atomic mass is 35.5. The first-order chi connectivity index (χ1) is 12.4. The molecule has 2 atom stereocenters. The Hall–Kier alpha value is -1.99. The summed E-state index contributed by atoms with van der Waals surface area (Å²) < 4.78 is 5.19. The molecule has 1 heterocycles. The molecule has 0 unspecified atom stereocenters. The summed E-state index contributed by atoms with van der Waals surface area (Å²) in [5.41, 5.74) is 0.267. The maximum Gasteiger partial charge on any atom is 0.408 e. The number of carboxylic acid groups (broad SMARTS) is 1. The SMILES string of the molecule is CC[C@H](NC(=O)OC(C)(C)C)C(=O)N1c2cc(Cl)c(Cl)cc2C[C@H]1C(=O)O. The molecule has 0 aliphatic carbocycles. The van der Waals surface area contributed by atoms with E-state index in [0.717, 1.165) is 4.90 Å². The quantitative estimate of drug-likeness (QED) is 0.780. The molecule has 1 aromatic carbocycles. The van der Waals surface area contributed by atoms with Crippen molar-refractivity contribution in [3.05, 3.63) is 27.7 Å². The molecule has 148 valence electrons. The minimum Gasteiger partial charge on any atom is -0.480 e. The van der Waals surface area contributed by atoms with E-state index in [2.05, 4.69) is 5.32 Å². The molecule has 2 amide bonds. The predicted octanol–water partition coefficient (Wildman–Crippen LogP) is 3.64. The van der Waals surface area contributed by atoms with E-state index in [4.69, 9.17) is 27.9 Å². The fourth-order valence-corrected chi connectivity index (χ4v) is 3.20. The lowest BCUT2D eigenvalue weighted by Gasteiger charge is -2.28. The minimum atomic E-state index is -1.15. The largest absolute Gasteiger partial charge is 0.480 e. The van der Waals surface area contributed by atoms with Gasteiger partial charge in [0.1, 0.15) is 17.7 Å². The van der Waals surface area contributed by atoms with E-state index < -0.39 is 35.7 Å². The number of anilines is 1. The fourth-order valence-electron chi connectivity index (χ4n) is 2.86. The van der Waals surface area contributed by atoms with Gasteiger partial charge in [-0.1, -0.05) is 30.1 Å². The Morgan fingerprint density at radius 1 is 1.30 bits per heavy atom. The van der Waals surface area contributed by atoms with Crippen LogP contribution in [0.15, 0.2) is 12.1 Å². The van der Waals surface area contributed by atoms with E-state index in [9.17, 15) is 19.5 Å². The topological polar surface area (TPSA) is 95.9 Å². The molecule has 27 heavy (non-hydrogen) atoms. The molecule has 0 radical (unpaired) electrons. The maximum atomic E-state index is 13.1. The van der Waals surface area contributed by atoms with Crippen molar-refractivity contribution in [2.24, 2.45) is 0 Å². The number of rotatable bonds is 4. The second kappa shape index (κ2) is 7.94. The molecule has 2 rings (SSSR count). The van der Waals surface area contributed by atoms with Gasteiger partial charge in [0.15, 0.2) is 0 Å². The first-order valence-corrected chi connectivity index (χ1v) is 9.23. The lowest BCUT2D eigenvalue weighted by atomic mass is 10.1. The van der Waals surface area contributed by atoms with Crippen LogP contribution < -0.4 is 10.2 Å². The van der Waals surface area contributed by atoms with E-state index in [-0.39, 0.29) is 22.9 Å². The number of carbonyl (C=O) groups is 3. The van der Waals surface area contributed by atoms with Crippen LogP contribution >= 0.6 is 23.2 Å². The van der Waals surface area contributed by atoms with Gasteiger partial charge in [-0.3, -0.25) is 9.69 Å². The van der Waals surface area contributed by atoms with Crippen LogP contribution in [0, 0.1) is 0 Å². The molecule has 0 saturated carbocycles. The highest BCUT2D eigenvalue weighted by Gasteiger charge is 2.41. The smallest absolute Gasteiger partial charge is 0.408 e. The van der Waals surface area contributed by atoms with E-state index >= 15 is 0 Å². The minimum absolute atomic E-state index is 0.107. The van der Waals surface area contributed by atoms with Gasteiger partial charge in [0.25, 0.3) is 5.91 Å². The summed E-state index contributed by atoms with van der Waals surface area (Å²) in [6.45, 7) is 6.83. The Labute approximate surface area is 167 Å². The Morgan fingerprint density at radius 2 is 1.89 bits per heavy atom. The van der Waals surface area contributed by atoms with Crippen LogP contribution in [0.5, 0.6) is 0 Å². The van der Waals surface area contributed by atoms with E-state index in [0.29, 0.717) is 11.3 Å². The number of nitrogens with zero attached hydrogens (tertiary/aromatic N) is 1. The second-order valence-corrected chi connectivity index (χ2v) is 8.08. The van der Waals surface area contributed by atoms with Crippen molar-refractivity contribution in [1.82, 2.24) is 5.32 Å². The zero-order valence-electron chi connectivity index (χ0n) is 15.5. The third kappa shape index (κ3) is 4.84. The third-order valence-corrected chi connectivity index (χ3v) is 4.75. The first-order valence-electron chi connectivity index (χ1n) is 8.48. The zero-order valence-corrected chi connectivity index (χ0v) is 17.0. The molecule has 0 fully saturated rings. The normalized spacial score (nSPS) is 17.3. The fraction of sp³-hybridized carbons (Fsp3) is 0.500. The highest BCUT2D eigenvalue weighted by molar-refractivity contribution is 6.42. The number of hydrogen-bond donors (Lipinski definition) is 2. The Bertz CT molecular complexity index is 776. The predicted molar refractivity (Wildman–Crippen MR) is 103 cm³/mol. The van der Waals surface area contributed by atoms with Crippen molar-refractivity contribution >= 4 is 46.9 Å². The number of benzene rings is 1. The molecule has 7 nitrogen and oxygen atoms in total. The summed E-state index contributed by atoms with van der Waals surface area (Å²) in [5.74, 6) is -1.70. The van der Waals surface area contributed by atoms with Crippen molar-refractivity contribution in [2.75, 3.05) is 4.90 Å². The van der Waals surface area contributed by atoms with Gasteiger partial charge in [-0.2, -0.15) is 0 Å². The van der Waals surface area contributed by atoms with Crippen LogP contribution in [-0.2, 0) is 20.7 Å². The van der Waals surface area contributed by atoms with Crippen molar-refractivity contribution in [3.63, 3.8) is 0 Å². The summed E-state index contributed by atoms with van der Waals surface area (Å²) in [7, 11) is 0. The molecule has 1 aliphatic rings. The Kier molecular flexibility index (Phi) is 6.27. The van der Waals surface area contributed by atoms with Gasteiger partial charge in [0, 0.05) is 12.1 Å². The number of hydrogen-bond acceptors (Lipinski definition) is 4. The number of fused-ring (bicyclic) bond motifs is 1. The number of aliphatic carboxylic acids is 1. The van der Waals surface area contributed by atoms with Crippen LogP contribution in [0.2, 0.25) is 10.0 Å². The van der Waals surface area contributed by atoms with Crippen LogP contribution in [0.1, 0.15) is 39.7 Å². The Morgan fingerprint density at radius 3 is 2.41 bits per heavy atom. The van der Waals surface area contributed by atoms with Crippen LogP contribution in [0.4, 0.5) is 10.5 Å². The second-order valence-electron chi connectivity index (χ2n) is 7.27. The number of alkyl carbamates (subject to hydrolysis) is 1. The number of nitrogens with one attached hydrogen (secondary N) is 1. The molecule has 9 heteroatoms. The number of ether oxygens (including phenoxy) is 1. The standard InChI is InChI=1S/C18H22Cl2N2O5/c1-5-12(21-17(26)27-18(2,3)4)15(23)22-13-8-11(20)10(19)6-9(13)7-14(22)16(24)25/h6,8,12,14H,5,7H2,1-4H3,(H,21,26)(H,24,25)/t12-,14-/m0/s1. The molecular formula is C18H22Cl2N2O5. The van der Waals surface area contributed by atoms with Crippen LogP contribution in [0.3, 0.4) is 0 Å². The number of halogens is 2. The summed E-state index contributed by atoms with van der Waals surface area (Å²) in [6.07, 6.45) is -0.378. The van der Waals surface area contributed by atoms with Gasteiger partial charge in [-0.05, 0) is 44.9 Å². The summed E-state index contributed by atoms with van der Waals surface area (Å²) in [4.78, 5) is 38.0. The van der Waals surface area contributed by atoms with Gasteiger partial charge >= 0.3 is 12.1 Å². The summed E-state index contributed by atoms with van der Waals surface area (Å²) in [6, 6.07) is 0.990. The molecule has 2 N–H and O–H groups in total. The van der Waals surface area contributed by atoms with Crippen molar-refractivity contribution in [3.8, 4) is 0 Å². The number of amides is 2. The van der Waals surface area contributed by atoms with Crippen LogP contribution in [0.25, 0.3) is 0 Å². The van der Waals surface area contributed by atoms with E-state index in [1.54, 1.807) is 33.8 Å². The molecule has 0 spiro atoms. The van der Waals surface area contributed by atoms with Crippen LogP contribution in [-0.4, -0.2) is 40.8 Å². The third-order valence-electron chi connectivity index (χ3n) is 4.03. The number of carbonyl (C=O) groups excluding carboxylic acids is 2. The van der Waals surface area contributed by atoms with Gasteiger partial charge in [0.05, 0.1) is 10.0 Å². The van der Waals surface area contributed by atoms with Gasteiger partial charge in [-0.15, -0.1) is 0 Å². The molecular weight excluding hydrogens is 395 g/mol. The summed E-state index contributed by atoms with van der Waals surface area (Å²) in [5, 5.41) is 12.6. The van der Waals surface area contributed by atoms with Crippen molar-refractivity contribution < 1.29 is 24.2 Å². The molecule has 1 aliphatic heterocycles. The zero-order chi connectivity index (χ0) is 20.5. The van der Waals surface area contributed by atoms with Crippen molar-refractivity contribution in [1.29, 1.82) is 0 Å². The van der Waals surface area contributed by atoms with Gasteiger partial charge in [-0.25, -0.2) is 9.59 Å².